The molecule has 0 aliphatic carbocycles. The highest BCUT2D eigenvalue weighted by molar-refractivity contribution is 5.69. The predicted octanol–water partition coefficient (Wildman–Crippen LogP) is 14.5. The van der Waals surface area contributed by atoms with Crippen LogP contribution in [0.25, 0.3) is 0 Å². The first-order chi connectivity index (χ1) is 24.7. The van der Waals surface area contributed by atoms with Crippen molar-refractivity contribution in [2.45, 2.75) is 232 Å². The molecule has 0 radical (unpaired) electrons. The van der Waals surface area contributed by atoms with Crippen LogP contribution in [0.5, 0.6) is 0 Å². The van der Waals surface area contributed by atoms with E-state index in [1.54, 1.807) is 0 Å². The summed E-state index contributed by atoms with van der Waals surface area (Å²) in [4.78, 5) is 12.2. The molecule has 0 rings (SSSR count). The minimum atomic E-state index is -0.537. The number of hydrogen-bond donors (Lipinski definition) is 1. The molecule has 1 atom stereocenters. The molecule has 0 aliphatic rings. The van der Waals surface area contributed by atoms with Gasteiger partial charge in [0.1, 0.15) is 6.10 Å². The normalized spacial score (nSPS) is 12.6. The molecule has 0 heterocycles. The molecule has 0 aromatic heterocycles. The van der Waals surface area contributed by atoms with Gasteiger partial charge in [-0.2, -0.15) is 0 Å². The lowest BCUT2D eigenvalue weighted by Gasteiger charge is -2.16. The van der Waals surface area contributed by atoms with Gasteiger partial charge in [0.2, 0.25) is 0 Å². The molecule has 0 saturated heterocycles. The van der Waals surface area contributed by atoms with Gasteiger partial charge in [0.25, 0.3) is 0 Å². The molecule has 0 saturated carbocycles. The largest absolute Gasteiger partial charge is 0.457 e. The summed E-state index contributed by atoms with van der Waals surface area (Å²) in [6.07, 6.45) is 54.9. The zero-order chi connectivity index (χ0) is 36.3. The summed E-state index contributed by atoms with van der Waals surface area (Å²) in [5, 5.41) is 9.60. The van der Waals surface area contributed by atoms with Crippen LogP contribution >= 0.6 is 0 Å². The Hall–Kier alpha value is -1.39. The molecule has 0 aliphatic heterocycles. The van der Waals surface area contributed by atoms with Crippen molar-refractivity contribution in [2.75, 3.05) is 19.8 Å². The lowest BCUT2D eigenvalue weighted by Crippen LogP contribution is -2.27. The summed E-state index contributed by atoms with van der Waals surface area (Å²) in [6.45, 7) is 5.34. The Labute approximate surface area is 312 Å². The second-order valence-corrected chi connectivity index (χ2v) is 14.8. The van der Waals surface area contributed by atoms with E-state index in [-0.39, 0.29) is 12.6 Å². The summed E-state index contributed by atoms with van der Waals surface area (Å²) < 4.78 is 11.2. The van der Waals surface area contributed by atoms with E-state index in [1.165, 1.54) is 173 Å². The Morgan fingerprint density at radius 2 is 0.840 bits per heavy atom. The maximum atomic E-state index is 12.2. The van der Waals surface area contributed by atoms with Crippen molar-refractivity contribution in [3.05, 3.63) is 36.5 Å². The highest BCUT2D eigenvalue weighted by Gasteiger charge is 2.13. The van der Waals surface area contributed by atoms with Crippen LogP contribution in [0.2, 0.25) is 0 Å². The monoisotopic (exact) mass is 703 g/mol. The van der Waals surface area contributed by atoms with E-state index in [4.69, 9.17) is 9.47 Å². The zero-order valence-corrected chi connectivity index (χ0v) is 33.7. The molecule has 1 unspecified atom stereocenters. The van der Waals surface area contributed by atoms with Gasteiger partial charge in [-0.1, -0.05) is 204 Å². The number of aliphatic hydroxyl groups excluding tert-OH is 1. The van der Waals surface area contributed by atoms with Gasteiger partial charge in [-0.15, -0.1) is 0 Å². The maximum absolute atomic E-state index is 12.2. The van der Waals surface area contributed by atoms with Gasteiger partial charge < -0.3 is 14.6 Å². The van der Waals surface area contributed by atoms with Gasteiger partial charge >= 0.3 is 5.97 Å². The van der Waals surface area contributed by atoms with Crippen molar-refractivity contribution in [1.82, 2.24) is 0 Å². The maximum Gasteiger partial charge on any atom is 0.306 e. The molecule has 50 heavy (non-hydrogen) atoms. The topological polar surface area (TPSA) is 55.8 Å². The molecule has 4 heteroatoms. The van der Waals surface area contributed by atoms with Gasteiger partial charge in [-0.25, -0.2) is 0 Å². The van der Waals surface area contributed by atoms with E-state index in [0.29, 0.717) is 19.6 Å². The lowest BCUT2D eigenvalue weighted by molar-refractivity contribution is -0.154. The molecular weight excluding hydrogens is 617 g/mol. The first kappa shape index (κ1) is 48.6. The van der Waals surface area contributed by atoms with Crippen molar-refractivity contribution < 1.29 is 19.4 Å². The van der Waals surface area contributed by atoms with E-state index in [1.807, 2.05) is 0 Å². The van der Waals surface area contributed by atoms with Crippen molar-refractivity contribution in [2.24, 2.45) is 0 Å². The summed E-state index contributed by atoms with van der Waals surface area (Å²) in [5.74, 6) is -0.202. The molecule has 294 valence electrons. The quantitative estimate of drug-likeness (QED) is 0.0391. The molecule has 0 aromatic rings. The van der Waals surface area contributed by atoms with E-state index in [9.17, 15) is 9.90 Å². The standard InChI is InChI=1S/C46H86O4/c1-3-5-7-9-11-13-15-17-19-21-22-23-24-25-26-28-30-32-34-36-38-40-42-49-44-45(43-47)50-46(48)41-39-37-35-33-31-29-27-20-18-16-14-12-10-8-6-4-2/h15,17,21-22,24-25,45,47H,3-14,16,18-20,23,26-44H2,1-2H3/b17-15-,22-21-,25-24-. The molecule has 0 spiro atoms. The first-order valence-electron chi connectivity index (χ1n) is 22.1. The van der Waals surface area contributed by atoms with Crippen LogP contribution in [0.1, 0.15) is 226 Å². The molecule has 1 N–H and O–H groups in total. The zero-order valence-electron chi connectivity index (χ0n) is 33.7. The molecule has 0 amide bonds. The van der Waals surface area contributed by atoms with E-state index >= 15 is 0 Å². The van der Waals surface area contributed by atoms with E-state index in [0.717, 1.165) is 32.1 Å². The van der Waals surface area contributed by atoms with Crippen LogP contribution < -0.4 is 0 Å². The summed E-state index contributed by atoms with van der Waals surface area (Å²) in [7, 11) is 0. The first-order valence-corrected chi connectivity index (χ1v) is 22.1. The van der Waals surface area contributed by atoms with Gasteiger partial charge in [-0.3, -0.25) is 4.79 Å². The van der Waals surface area contributed by atoms with Crippen LogP contribution in [0.4, 0.5) is 0 Å². The number of esters is 1. The van der Waals surface area contributed by atoms with Crippen LogP contribution in [-0.4, -0.2) is 37.0 Å². The predicted molar refractivity (Wildman–Crippen MR) is 219 cm³/mol. The van der Waals surface area contributed by atoms with E-state index in [2.05, 4.69) is 50.3 Å². The number of carbonyl (C=O) groups excluding carboxylic acids is 1. The molecular formula is C46H86O4. The Balaban J connectivity index is 3.44. The fraction of sp³-hybridized carbons (Fsp3) is 0.848. The number of unbranched alkanes of at least 4 members (excludes halogenated alkanes) is 27. The second-order valence-electron chi connectivity index (χ2n) is 14.8. The Morgan fingerprint density at radius 3 is 1.26 bits per heavy atom. The van der Waals surface area contributed by atoms with Crippen molar-refractivity contribution >= 4 is 5.97 Å². The summed E-state index contributed by atoms with van der Waals surface area (Å²) >= 11 is 0. The smallest absolute Gasteiger partial charge is 0.306 e. The third-order valence-electron chi connectivity index (χ3n) is 9.72. The average molecular weight is 703 g/mol. The van der Waals surface area contributed by atoms with Gasteiger partial charge in [0.15, 0.2) is 0 Å². The minimum absolute atomic E-state index is 0.173. The molecule has 0 fully saturated rings. The highest BCUT2D eigenvalue weighted by atomic mass is 16.6. The average Bonchev–Trinajstić information content (AvgIpc) is 3.12. The van der Waals surface area contributed by atoms with Crippen LogP contribution in [-0.2, 0) is 14.3 Å². The van der Waals surface area contributed by atoms with Crippen LogP contribution in [0, 0.1) is 0 Å². The van der Waals surface area contributed by atoms with Gasteiger partial charge in [0, 0.05) is 13.0 Å². The minimum Gasteiger partial charge on any atom is -0.457 e. The summed E-state index contributed by atoms with van der Waals surface area (Å²) in [5.41, 5.74) is 0. The number of rotatable bonds is 41. The fourth-order valence-electron chi connectivity index (χ4n) is 6.39. The third-order valence-corrected chi connectivity index (χ3v) is 9.72. The molecule has 0 bridgehead atoms. The van der Waals surface area contributed by atoms with E-state index < -0.39 is 6.10 Å². The Bertz CT molecular complexity index is 742. The van der Waals surface area contributed by atoms with Crippen LogP contribution in [0.3, 0.4) is 0 Å². The fourth-order valence-corrected chi connectivity index (χ4v) is 6.39. The highest BCUT2D eigenvalue weighted by Crippen LogP contribution is 2.15. The number of ether oxygens (including phenoxy) is 2. The Kier molecular flexibility index (Phi) is 42.6. The molecule has 0 aromatic carbocycles. The third kappa shape index (κ3) is 41.0. The lowest BCUT2D eigenvalue weighted by atomic mass is 10.0. The van der Waals surface area contributed by atoms with Crippen molar-refractivity contribution in [3.63, 3.8) is 0 Å². The van der Waals surface area contributed by atoms with Crippen LogP contribution in [0.15, 0.2) is 36.5 Å². The number of allylic oxidation sites excluding steroid dienone is 6. The van der Waals surface area contributed by atoms with Crippen molar-refractivity contribution in [3.8, 4) is 0 Å². The number of hydrogen-bond acceptors (Lipinski definition) is 4. The van der Waals surface area contributed by atoms with Gasteiger partial charge in [-0.05, 0) is 51.4 Å². The number of carbonyl (C=O) groups is 1. The van der Waals surface area contributed by atoms with Gasteiger partial charge in [0.05, 0.1) is 13.2 Å². The SMILES string of the molecule is CCCCCCC/C=C\C/C=C\C/C=C\CCCCCCCCCOCC(CO)OC(=O)CCCCCCCCCCCCCCCCCC. The summed E-state index contributed by atoms with van der Waals surface area (Å²) in [6, 6.07) is 0. The van der Waals surface area contributed by atoms with Crippen molar-refractivity contribution in [1.29, 1.82) is 0 Å². The Morgan fingerprint density at radius 1 is 0.480 bits per heavy atom. The number of aliphatic hydroxyl groups is 1. The second kappa shape index (κ2) is 43.8. The molecule has 4 nitrogen and oxygen atoms in total.